The summed E-state index contributed by atoms with van der Waals surface area (Å²) in [4.78, 5) is 18.0. The third-order valence-corrected chi connectivity index (χ3v) is 8.85. The van der Waals surface area contributed by atoms with Crippen LogP contribution in [0.3, 0.4) is 0 Å². The smallest absolute Gasteiger partial charge is 0.118 e. The molecule has 0 amide bonds. The predicted octanol–water partition coefficient (Wildman–Crippen LogP) is 11.0. The molecule has 5 aromatic carbocycles. The number of aliphatic imine (C=N–C) groups is 3. The molecule has 0 saturated carbocycles. The predicted molar refractivity (Wildman–Crippen MR) is 193 cm³/mol. The Kier molecular flexibility index (Phi) is 10.1. The molecule has 0 aliphatic heterocycles. The highest BCUT2D eigenvalue weighted by atomic mass is 32.2. The van der Waals surface area contributed by atoms with Crippen LogP contribution in [0.1, 0.15) is 38.9 Å². The van der Waals surface area contributed by atoms with Gasteiger partial charge in [-0.2, -0.15) is 0 Å². The van der Waals surface area contributed by atoms with Crippen LogP contribution >= 0.6 is 11.8 Å². The number of para-hydroxylation sites is 3. The zero-order valence-corrected chi connectivity index (χ0v) is 27.9. The molecule has 0 aromatic heterocycles. The summed E-state index contributed by atoms with van der Waals surface area (Å²) in [5, 5.41) is 0. The molecule has 0 spiro atoms. The summed E-state index contributed by atoms with van der Waals surface area (Å²) in [6.07, 6.45) is 1.89. The fraction of sp³-hybridized carbons (Fsp3) is 0.175. The summed E-state index contributed by atoms with van der Waals surface area (Å²) in [6, 6.07) is 35.3. The molecule has 0 bridgehead atoms. The Morgan fingerprint density at radius 2 is 1.04 bits per heavy atom. The molecule has 226 valence electrons. The van der Waals surface area contributed by atoms with Crippen LogP contribution in [0, 0.1) is 41.5 Å². The van der Waals surface area contributed by atoms with Gasteiger partial charge in [-0.1, -0.05) is 84.6 Å². The lowest BCUT2D eigenvalue weighted by Crippen LogP contribution is -2.18. The summed E-state index contributed by atoms with van der Waals surface area (Å²) in [5.74, 6) is 0.829. The van der Waals surface area contributed by atoms with Crippen molar-refractivity contribution in [2.45, 2.75) is 51.3 Å². The van der Waals surface area contributed by atoms with E-state index in [0.717, 1.165) is 77.3 Å². The standard InChI is InChI=1S/C40H39N3OS/c1-26-13-10-14-27(2)37(26)41-25-35(42-38-28(3)15-11-16-29(38)4)40(43-39-30(5)17-12-18-31(39)6)34-19-8-9-20-36(34)45-33-23-21-32(44-7)22-24-33/h8-25H,1-7H3. The van der Waals surface area contributed by atoms with E-state index in [-0.39, 0.29) is 0 Å². The number of benzene rings is 5. The van der Waals surface area contributed by atoms with Gasteiger partial charge in [0.1, 0.15) is 11.5 Å². The van der Waals surface area contributed by atoms with Gasteiger partial charge in [0.15, 0.2) is 0 Å². The van der Waals surface area contributed by atoms with Crippen molar-refractivity contribution in [3.63, 3.8) is 0 Å². The highest BCUT2D eigenvalue weighted by Crippen LogP contribution is 2.34. The average molecular weight is 610 g/mol. The van der Waals surface area contributed by atoms with Crippen LogP contribution in [0.25, 0.3) is 0 Å². The topological polar surface area (TPSA) is 46.3 Å². The number of nitrogens with zero attached hydrogens (tertiary/aromatic N) is 3. The van der Waals surface area contributed by atoms with E-state index in [1.54, 1.807) is 18.9 Å². The number of rotatable bonds is 9. The maximum Gasteiger partial charge on any atom is 0.118 e. The fourth-order valence-corrected chi connectivity index (χ4v) is 6.20. The Labute approximate surface area is 271 Å². The van der Waals surface area contributed by atoms with Crippen LogP contribution in [0.15, 0.2) is 128 Å². The number of aryl methyl sites for hydroxylation is 6. The summed E-state index contributed by atoms with van der Waals surface area (Å²) in [7, 11) is 1.69. The van der Waals surface area contributed by atoms with Gasteiger partial charge < -0.3 is 4.74 Å². The summed E-state index contributed by atoms with van der Waals surface area (Å²) >= 11 is 1.69. The molecule has 5 rings (SSSR count). The van der Waals surface area contributed by atoms with Crippen LogP contribution in [0.5, 0.6) is 5.75 Å². The molecule has 0 aliphatic rings. The lowest BCUT2D eigenvalue weighted by molar-refractivity contribution is 0.414. The van der Waals surface area contributed by atoms with Gasteiger partial charge in [0.25, 0.3) is 0 Å². The lowest BCUT2D eigenvalue weighted by Gasteiger charge is -2.16. The van der Waals surface area contributed by atoms with Gasteiger partial charge in [-0.15, -0.1) is 0 Å². The van der Waals surface area contributed by atoms with Crippen LogP contribution in [-0.2, 0) is 0 Å². The van der Waals surface area contributed by atoms with Crippen molar-refractivity contribution in [1.82, 2.24) is 0 Å². The van der Waals surface area contributed by atoms with E-state index in [2.05, 4.69) is 133 Å². The van der Waals surface area contributed by atoms with Crippen molar-refractivity contribution in [1.29, 1.82) is 0 Å². The SMILES string of the molecule is COc1ccc(Sc2ccccc2C(=Nc2c(C)cccc2C)C(C=Nc2c(C)cccc2C)=Nc2c(C)cccc2C)cc1. The highest BCUT2D eigenvalue weighted by Gasteiger charge is 2.19. The third kappa shape index (κ3) is 7.50. The van der Waals surface area contributed by atoms with Crippen molar-refractivity contribution >= 4 is 46.5 Å². The van der Waals surface area contributed by atoms with Gasteiger partial charge >= 0.3 is 0 Å². The van der Waals surface area contributed by atoms with E-state index in [9.17, 15) is 0 Å². The summed E-state index contributed by atoms with van der Waals surface area (Å²) < 4.78 is 5.40. The maximum atomic E-state index is 5.43. The van der Waals surface area contributed by atoms with Gasteiger partial charge in [-0.05, 0) is 105 Å². The molecule has 0 saturated heterocycles. The van der Waals surface area contributed by atoms with Gasteiger partial charge in [-0.25, -0.2) is 9.98 Å². The van der Waals surface area contributed by atoms with E-state index in [1.807, 2.05) is 18.3 Å². The van der Waals surface area contributed by atoms with Gasteiger partial charge in [0.05, 0.1) is 36.1 Å². The van der Waals surface area contributed by atoms with E-state index in [4.69, 9.17) is 19.7 Å². The summed E-state index contributed by atoms with van der Waals surface area (Å²) in [5.41, 5.74) is 11.9. The first kappa shape index (κ1) is 31.7. The zero-order chi connectivity index (χ0) is 31.9. The molecular formula is C40H39N3OS. The van der Waals surface area contributed by atoms with Crippen molar-refractivity contribution < 1.29 is 4.74 Å². The molecule has 0 atom stereocenters. The first-order chi connectivity index (χ1) is 21.7. The first-order valence-corrected chi connectivity index (χ1v) is 15.9. The Bertz CT molecular complexity index is 1860. The third-order valence-electron chi connectivity index (χ3n) is 7.76. The molecule has 0 radical (unpaired) electrons. The fourth-order valence-electron chi connectivity index (χ4n) is 5.25. The molecular weight excluding hydrogens is 571 g/mol. The van der Waals surface area contributed by atoms with Crippen molar-refractivity contribution in [2.75, 3.05) is 7.11 Å². The second-order valence-corrected chi connectivity index (χ2v) is 12.3. The minimum absolute atomic E-state index is 0.695. The van der Waals surface area contributed by atoms with Crippen LogP contribution in [0.2, 0.25) is 0 Å². The largest absolute Gasteiger partial charge is 0.497 e. The molecule has 4 nitrogen and oxygen atoms in total. The molecule has 0 heterocycles. The lowest BCUT2D eigenvalue weighted by atomic mass is 10.0. The average Bonchev–Trinajstić information content (AvgIpc) is 3.02. The monoisotopic (exact) mass is 609 g/mol. The normalized spacial score (nSPS) is 12.2. The number of ether oxygens (including phenoxy) is 1. The van der Waals surface area contributed by atoms with Gasteiger partial charge in [0.2, 0.25) is 0 Å². The minimum atomic E-state index is 0.695. The molecule has 5 heteroatoms. The van der Waals surface area contributed by atoms with E-state index in [0.29, 0.717) is 5.71 Å². The van der Waals surface area contributed by atoms with Gasteiger partial charge in [-0.3, -0.25) is 4.99 Å². The maximum absolute atomic E-state index is 5.43. The minimum Gasteiger partial charge on any atom is -0.497 e. The summed E-state index contributed by atoms with van der Waals surface area (Å²) in [6.45, 7) is 12.6. The second kappa shape index (κ2) is 14.4. The number of hydrogen-bond acceptors (Lipinski definition) is 5. The quantitative estimate of drug-likeness (QED) is 0.156. The molecule has 0 unspecified atom stereocenters. The Balaban J connectivity index is 1.78. The molecule has 45 heavy (non-hydrogen) atoms. The zero-order valence-electron chi connectivity index (χ0n) is 27.1. The number of hydrogen-bond donors (Lipinski definition) is 0. The molecule has 0 N–H and O–H groups in total. The van der Waals surface area contributed by atoms with Gasteiger partial charge in [0, 0.05) is 15.4 Å². The van der Waals surface area contributed by atoms with Crippen LogP contribution in [-0.4, -0.2) is 24.7 Å². The molecule has 0 fully saturated rings. The van der Waals surface area contributed by atoms with Crippen molar-refractivity contribution in [2.24, 2.45) is 15.0 Å². The molecule has 0 aliphatic carbocycles. The Hall–Kier alpha value is -4.74. The molecule has 5 aromatic rings. The van der Waals surface area contributed by atoms with E-state index >= 15 is 0 Å². The van der Waals surface area contributed by atoms with Crippen LogP contribution < -0.4 is 4.74 Å². The van der Waals surface area contributed by atoms with E-state index in [1.165, 1.54) is 0 Å². The van der Waals surface area contributed by atoms with Crippen LogP contribution in [0.4, 0.5) is 17.1 Å². The van der Waals surface area contributed by atoms with E-state index < -0.39 is 0 Å². The Morgan fingerprint density at radius 3 is 1.58 bits per heavy atom. The van der Waals surface area contributed by atoms with Crippen molar-refractivity contribution in [3.05, 3.63) is 142 Å². The second-order valence-electron chi connectivity index (χ2n) is 11.2. The highest BCUT2D eigenvalue weighted by molar-refractivity contribution is 7.99. The number of methoxy groups -OCH3 is 1. The Morgan fingerprint density at radius 1 is 0.556 bits per heavy atom. The van der Waals surface area contributed by atoms with Crippen molar-refractivity contribution in [3.8, 4) is 5.75 Å². The first-order valence-electron chi connectivity index (χ1n) is 15.1.